The van der Waals surface area contributed by atoms with Gasteiger partial charge in [0.05, 0.1) is 7.11 Å². The first kappa shape index (κ1) is 10.4. The fraction of sp³-hybridized carbons (Fsp3) is 0.357. The van der Waals surface area contributed by atoms with E-state index >= 15 is 0 Å². The van der Waals surface area contributed by atoms with Gasteiger partial charge < -0.3 is 9.64 Å². The molecule has 2 heterocycles. The molecule has 1 aliphatic heterocycles. The van der Waals surface area contributed by atoms with E-state index in [1.807, 2.05) is 18.5 Å². The van der Waals surface area contributed by atoms with E-state index < -0.39 is 0 Å². The van der Waals surface area contributed by atoms with Gasteiger partial charge in [-0.25, -0.2) is 0 Å². The van der Waals surface area contributed by atoms with Crippen LogP contribution in [0.2, 0.25) is 0 Å². The second-order valence-electron chi connectivity index (χ2n) is 4.40. The van der Waals surface area contributed by atoms with Gasteiger partial charge in [0, 0.05) is 41.9 Å². The van der Waals surface area contributed by atoms with Crippen molar-refractivity contribution in [3.63, 3.8) is 0 Å². The Morgan fingerprint density at radius 2 is 1.94 bits per heavy atom. The van der Waals surface area contributed by atoms with Crippen LogP contribution in [0.15, 0.2) is 30.6 Å². The third kappa shape index (κ3) is 1.71. The number of fused-ring (bicyclic) bond motifs is 1. The van der Waals surface area contributed by atoms with E-state index in [0.29, 0.717) is 0 Å². The normalized spacial score (nSPS) is 15.5. The quantitative estimate of drug-likeness (QED) is 0.790. The van der Waals surface area contributed by atoms with E-state index in [9.17, 15) is 0 Å². The van der Waals surface area contributed by atoms with Crippen molar-refractivity contribution in [2.45, 2.75) is 12.8 Å². The minimum absolute atomic E-state index is 0.922. The minimum Gasteiger partial charge on any atom is -0.496 e. The Kier molecular flexibility index (Phi) is 2.59. The topological polar surface area (TPSA) is 25.4 Å². The number of nitrogens with zero attached hydrogens (tertiary/aromatic N) is 2. The van der Waals surface area contributed by atoms with Gasteiger partial charge in [-0.1, -0.05) is 0 Å². The van der Waals surface area contributed by atoms with Crippen LogP contribution in [0, 0.1) is 0 Å². The molecule has 0 aliphatic carbocycles. The highest BCUT2D eigenvalue weighted by molar-refractivity contribution is 5.97. The van der Waals surface area contributed by atoms with Crippen LogP contribution >= 0.6 is 0 Å². The van der Waals surface area contributed by atoms with Crippen LogP contribution in [-0.2, 0) is 0 Å². The molecule has 0 atom stereocenters. The molecule has 0 spiro atoms. The Bertz CT molecular complexity index is 533. The first-order valence-corrected chi connectivity index (χ1v) is 6.06. The van der Waals surface area contributed by atoms with Gasteiger partial charge >= 0.3 is 0 Å². The molecule has 0 N–H and O–H groups in total. The van der Waals surface area contributed by atoms with Crippen LogP contribution in [0.4, 0.5) is 5.69 Å². The van der Waals surface area contributed by atoms with Crippen molar-refractivity contribution in [3.8, 4) is 5.75 Å². The molecule has 0 saturated carbocycles. The third-order valence-electron chi connectivity index (χ3n) is 3.42. The maximum absolute atomic E-state index is 5.40. The number of hydrogen-bond acceptors (Lipinski definition) is 3. The molecule has 3 rings (SSSR count). The van der Waals surface area contributed by atoms with Crippen molar-refractivity contribution in [1.82, 2.24) is 4.98 Å². The summed E-state index contributed by atoms with van der Waals surface area (Å²) in [5.74, 6) is 0.922. The monoisotopic (exact) mass is 228 g/mol. The zero-order valence-electron chi connectivity index (χ0n) is 10.0. The SMILES string of the molecule is COc1ccc(N2CCCC2)c2cnccc12. The summed E-state index contributed by atoms with van der Waals surface area (Å²) in [4.78, 5) is 6.67. The van der Waals surface area contributed by atoms with Gasteiger partial charge in [0.1, 0.15) is 5.75 Å². The fourth-order valence-corrected chi connectivity index (χ4v) is 2.56. The highest BCUT2D eigenvalue weighted by Gasteiger charge is 2.16. The van der Waals surface area contributed by atoms with Crippen LogP contribution in [0.25, 0.3) is 10.8 Å². The van der Waals surface area contributed by atoms with E-state index in [-0.39, 0.29) is 0 Å². The van der Waals surface area contributed by atoms with Gasteiger partial charge in [0.25, 0.3) is 0 Å². The predicted octanol–water partition coefficient (Wildman–Crippen LogP) is 2.84. The second kappa shape index (κ2) is 4.24. The van der Waals surface area contributed by atoms with E-state index in [0.717, 1.165) is 24.2 Å². The number of methoxy groups -OCH3 is 1. The average Bonchev–Trinajstić information content (AvgIpc) is 2.91. The molecule has 1 aromatic carbocycles. The van der Waals surface area contributed by atoms with Crippen LogP contribution in [0.1, 0.15) is 12.8 Å². The van der Waals surface area contributed by atoms with E-state index in [4.69, 9.17) is 4.74 Å². The lowest BCUT2D eigenvalue weighted by Gasteiger charge is -2.20. The number of hydrogen-bond donors (Lipinski definition) is 0. The molecule has 17 heavy (non-hydrogen) atoms. The largest absolute Gasteiger partial charge is 0.496 e. The van der Waals surface area contributed by atoms with Gasteiger partial charge in [-0.15, -0.1) is 0 Å². The summed E-state index contributed by atoms with van der Waals surface area (Å²) in [7, 11) is 1.71. The van der Waals surface area contributed by atoms with E-state index in [2.05, 4.69) is 22.0 Å². The molecule has 88 valence electrons. The van der Waals surface area contributed by atoms with Crippen molar-refractivity contribution in [2.24, 2.45) is 0 Å². The Morgan fingerprint density at radius 3 is 2.71 bits per heavy atom. The summed E-state index contributed by atoms with van der Waals surface area (Å²) in [6, 6.07) is 6.22. The van der Waals surface area contributed by atoms with Crippen LogP contribution < -0.4 is 9.64 Å². The number of aromatic nitrogens is 1. The Morgan fingerprint density at radius 1 is 1.12 bits per heavy atom. The first-order valence-electron chi connectivity index (χ1n) is 6.06. The fourth-order valence-electron chi connectivity index (χ4n) is 2.56. The standard InChI is InChI=1S/C14H16N2O/c1-17-14-5-4-13(16-8-2-3-9-16)12-10-15-7-6-11(12)14/h4-7,10H,2-3,8-9H2,1H3. The van der Waals surface area contributed by atoms with Gasteiger partial charge in [0.2, 0.25) is 0 Å². The summed E-state index contributed by atoms with van der Waals surface area (Å²) in [5.41, 5.74) is 1.28. The predicted molar refractivity (Wildman–Crippen MR) is 69.7 cm³/mol. The van der Waals surface area contributed by atoms with Crippen LogP contribution in [-0.4, -0.2) is 25.2 Å². The second-order valence-corrected chi connectivity index (χ2v) is 4.40. The lowest BCUT2D eigenvalue weighted by atomic mass is 10.1. The highest BCUT2D eigenvalue weighted by Crippen LogP contribution is 2.34. The molecule has 1 saturated heterocycles. The Labute approximate surface area is 101 Å². The molecule has 1 aliphatic rings. The van der Waals surface area contributed by atoms with Crippen molar-refractivity contribution in [3.05, 3.63) is 30.6 Å². The Balaban J connectivity index is 2.19. The number of anilines is 1. The van der Waals surface area contributed by atoms with Crippen molar-refractivity contribution in [1.29, 1.82) is 0 Å². The van der Waals surface area contributed by atoms with E-state index in [1.165, 1.54) is 23.9 Å². The lowest BCUT2D eigenvalue weighted by molar-refractivity contribution is 0.420. The molecule has 0 unspecified atom stereocenters. The number of ether oxygens (including phenoxy) is 1. The molecule has 0 bridgehead atoms. The van der Waals surface area contributed by atoms with Crippen molar-refractivity contribution < 1.29 is 4.74 Å². The smallest absolute Gasteiger partial charge is 0.126 e. The summed E-state index contributed by atoms with van der Waals surface area (Å²) >= 11 is 0. The van der Waals surface area contributed by atoms with E-state index in [1.54, 1.807) is 7.11 Å². The molecule has 0 amide bonds. The lowest BCUT2D eigenvalue weighted by Crippen LogP contribution is -2.17. The van der Waals surface area contributed by atoms with Crippen molar-refractivity contribution >= 4 is 16.5 Å². The van der Waals surface area contributed by atoms with Crippen LogP contribution in [0.3, 0.4) is 0 Å². The van der Waals surface area contributed by atoms with Gasteiger partial charge in [-0.05, 0) is 31.0 Å². The number of rotatable bonds is 2. The number of pyridine rings is 1. The zero-order valence-corrected chi connectivity index (χ0v) is 10.0. The van der Waals surface area contributed by atoms with Crippen molar-refractivity contribution in [2.75, 3.05) is 25.1 Å². The molecule has 1 aromatic heterocycles. The maximum Gasteiger partial charge on any atom is 0.126 e. The molecular weight excluding hydrogens is 212 g/mol. The average molecular weight is 228 g/mol. The molecule has 2 aromatic rings. The maximum atomic E-state index is 5.40. The molecule has 1 fully saturated rings. The molecule has 0 radical (unpaired) electrons. The molecule has 3 nitrogen and oxygen atoms in total. The van der Waals surface area contributed by atoms with Gasteiger partial charge in [-0.2, -0.15) is 0 Å². The first-order chi connectivity index (χ1) is 8.40. The molecular formula is C14H16N2O. The summed E-state index contributed by atoms with van der Waals surface area (Å²) in [5, 5.41) is 2.33. The summed E-state index contributed by atoms with van der Waals surface area (Å²) < 4.78 is 5.40. The third-order valence-corrected chi connectivity index (χ3v) is 3.42. The summed E-state index contributed by atoms with van der Waals surface area (Å²) in [6.45, 7) is 2.30. The van der Waals surface area contributed by atoms with Gasteiger partial charge in [-0.3, -0.25) is 4.98 Å². The molecule has 3 heteroatoms. The highest BCUT2D eigenvalue weighted by atomic mass is 16.5. The zero-order chi connectivity index (χ0) is 11.7. The van der Waals surface area contributed by atoms with Gasteiger partial charge in [0.15, 0.2) is 0 Å². The van der Waals surface area contributed by atoms with Crippen LogP contribution in [0.5, 0.6) is 5.75 Å². The summed E-state index contributed by atoms with van der Waals surface area (Å²) in [6.07, 6.45) is 6.33. The number of benzene rings is 1. The Hall–Kier alpha value is -1.77. The minimum atomic E-state index is 0.922.